The number of carboxylic acids is 2. The molecule has 0 rings (SSSR count). The van der Waals surface area contributed by atoms with Crippen LogP contribution in [0.5, 0.6) is 0 Å². The number of rotatable bonds is 2. The first-order chi connectivity index (χ1) is 6.36. The lowest BCUT2D eigenvalue weighted by Crippen LogP contribution is -1.94. The predicted octanol–water partition coefficient (Wildman–Crippen LogP) is -0.523. The Hall–Kier alpha value is -2.64. The van der Waals surface area contributed by atoms with E-state index in [2.05, 4.69) is 13.2 Å². The lowest BCUT2D eigenvalue weighted by Gasteiger charge is -1.76. The van der Waals surface area contributed by atoms with Crippen molar-refractivity contribution in [2.24, 2.45) is 0 Å². The van der Waals surface area contributed by atoms with Crippen LogP contribution in [0.3, 0.4) is 0 Å². The van der Waals surface area contributed by atoms with E-state index in [9.17, 15) is 9.59 Å². The molecule has 0 bridgehead atoms. The summed E-state index contributed by atoms with van der Waals surface area (Å²) in [6.45, 7) is 5.82. The van der Waals surface area contributed by atoms with Crippen molar-refractivity contribution in [3.8, 4) is 12.1 Å². The van der Waals surface area contributed by atoms with Crippen LogP contribution in [0.2, 0.25) is 0 Å². The minimum atomic E-state index is -1.26. The molecule has 0 heterocycles. The third kappa shape index (κ3) is 11.4. The number of carboxylic acid groups (broad SMARTS) is 2. The zero-order valence-electron chi connectivity index (χ0n) is 7.52. The smallest absolute Gasteiger partial charge is 0.345 e. The summed E-state index contributed by atoms with van der Waals surface area (Å²) in [5.74, 6) is -2.52. The van der Waals surface area contributed by atoms with Gasteiger partial charge in [-0.3, -0.25) is 0 Å². The van der Waals surface area contributed by atoms with Gasteiger partial charge in [0.05, 0.1) is 0 Å². The summed E-state index contributed by atoms with van der Waals surface area (Å²) in [5.41, 5.74) is -0.861. The van der Waals surface area contributed by atoms with Gasteiger partial charge in [-0.25, -0.2) is 9.59 Å². The second kappa shape index (κ2) is 9.45. The molecule has 7 heteroatoms. The summed E-state index contributed by atoms with van der Waals surface area (Å²) < 4.78 is 0. The molecule has 7 nitrogen and oxygen atoms in total. The Kier molecular flexibility index (Phi) is 11.5. The lowest BCUT2D eigenvalue weighted by atomic mass is 10.4. The van der Waals surface area contributed by atoms with Crippen molar-refractivity contribution in [3.63, 3.8) is 0 Å². The van der Waals surface area contributed by atoms with E-state index < -0.39 is 23.1 Å². The molecule has 0 aromatic carbocycles. The van der Waals surface area contributed by atoms with E-state index in [0.29, 0.717) is 0 Å². The number of carbonyl (C=O) groups is 2. The molecular formula is C8H8N2O5. The van der Waals surface area contributed by atoms with Gasteiger partial charge in [-0.1, -0.05) is 13.2 Å². The summed E-state index contributed by atoms with van der Waals surface area (Å²) in [6, 6.07) is 2.74. The molecule has 0 aliphatic rings. The number of hydrogen-bond acceptors (Lipinski definition) is 4. The fourth-order valence-corrected chi connectivity index (χ4v) is 0.0956. The summed E-state index contributed by atoms with van der Waals surface area (Å²) in [5, 5.41) is 31.3. The Bertz CT molecular complexity index is 322. The molecular weight excluding hydrogens is 204 g/mol. The van der Waals surface area contributed by atoms with Crippen molar-refractivity contribution in [2.75, 3.05) is 0 Å². The Morgan fingerprint density at radius 3 is 1.13 bits per heavy atom. The highest BCUT2D eigenvalue weighted by Crippen LogP contribution is 1.82. The third-order valence-electron chi connectivity index (χ3n) is 0.786. The minimum Gasteiger partial charge on any atom is -0.477 e. The standard InChI is InChI=1S/2C4H3NO2.H2O/c2*1-3(2-5)4(6)7;/h2*1H2,(H,6,7);1H2. The maximum atomic E-state index is 9.61. The maximum absolute atomic E-state index is 9.61. The van der Waals surface area contributed by atoms with Gasteiger partial charge in [0.1, 0.15) is 23.3 Å². The fourth-order valence-electron chi connectivity index (χ4n) is 0.0956. The van der Waals surface area contributed by atoms with E-state index in [0.717, 1.165) is 0 Å². The zero-order chi connectivity index (χ0) is 11.7. The maximum Gasteiger partial charge on any atom is 0.345 e. The Balaban J connectivity index is -0.000000180. The van der Waals surface area contributed by atoms with E-state index >= 15 is 0 Å². The number of hydrogen-bond donors (Lipinski definition) is 2. The first kappa shape index (κ1) is 18.2. The number of nitrogens with zero attached hydrogens (tertiary/aromatic N) is 2. The molecule has 0 aromatic heterocycles. The quantitative estimate of drug-likeness (QED) is 0.463. The molecule has 0 aliphatic carbocycles. The van der Waals surface area contributed by atoms with Crippen LogP contribution in [0.15, 0.2) is 24.3 Å². The second-order valence-corrected chi connectivity index (χ2v) is 1.79. The van der Waals surface area contributed by atoms with Crippen LogP contribution in [0.4, 0.5) is 0 Å². The third-order valence-corrected chi connectivity index (χ3v) is 0.786. The van der Waals surface area contributed by atoms with Crippen LogP contribution in [0.25, 0.3) is 0 Å². The van der Waals surface area contributed by atoms with Gasteiger partial charge in [0.25, 0.3) is 0 Å². The zero-order valence-corrected chi connectivity index (χ0v) is 7.52. The van der Waals surface area contributed by atoms with Gasteiger partial charge in [-0.2, -0.15) is 10.5 Å². The van der Waals surface area contributed by atoms with Gasteiger partial charge in [0.15, 0.2) is 0 Å². The molecule has 0 saturated heterocycles. The molecule has 0 atom stereocenters. The second-order valence-electron chi connectivity index (χ2n) is 1.79. The Labute approximate surface area is 85.1 Å². The summed E-state index contributed by atoms with van der Waals surface area (Å²) >= 11 is 0. The van der Waals surface area contributed by atoms with Crippen LogP contribution < -0.4 is 0 Å². The van der Waals surface area contributed by atoms with Crippen LogP contribution in [-0.2, 0) is 9.59 Å². The van der Waals surface area contributed by atoms with Gasteiger partial charge in [0.2, 0.25) is 0 Å². The molecule has 80 valence electrons. The minimum absolute atomic E-state index is 0. The molecule has 0 fully saturated rings. The topological polar surface area (TPSA) is 154 Å². The molecule has 0 aromatic rings. The molecule has 0 amide bonds. The van der Waals surface area contributed by atoms with Gasteiger partial charge in [-0.05, 0) is 0 Å². The molecule has 0 spiro atoms. The normalized spacial score (nSPS) is 6.27. The molecule has 4 N–H and O–H groups in total. The average Bonchev–Trinajstić information content (AvgIpc) is 2.15. The van der Waals surface area contributed by atoms with Crippen molar-refractivity contribution < 1.29 is 25.3 Å². The number of nitriles is 2. The highest BCUT2D eigenvalue weighted by Gasteiger charge is 1.98. The van der Waals surface area contributed by atoms with E-state index in [-0.39, 0.29) is 5.48 Å². The van der Waals surface area contributed by atoms with E-state index in [1.807, 2.05) is 0 Å². The van der Waals surface area contributed by atoms with Gasteiger partial charge in [0, 0.05) is 0 Å². The molecule has 0 aliphatic heterocycles. The highest BCUT2D eigenvalue weighted by molar-refractivity contribution is 5.90. The average molecular weight is 212 g/mol. The van der Waals surface area contributed by atoms with E-state index in [1.54, 1.807) is 0 Å². The van der Waals surface area contributed by atoms with Crippen molar-refractivity contribution >= 4 is 11.9 Å². The van der Waals surface area contributed by atoms with Gasteiger partial charge < -0.3 is 15.7 Å². The monoisotopic (exact) mass is 212 g/mol. The van der Waals surface area contributed by atoms with E-state index in [1.165, 1.54) is 12.1 Å². The van der Waals surface area contributed by atoms with Crippen molar-refractivity contribution in [2.45, 2.75) is 0 Å². The highest BCUT2D eigenvalue weighted by atomic mass is 16.4. The first-order valence-electron chi connectivity index (χ1n) is 3.01. The van der Waals surface area contributed by atoms with E-state index in [4.69, 9.17) is 20.7 Å². The molecule has 15 heavy (non-hydrogen) atoms. The Morgan fingerprint density at radius 2 is 1.13 bits per heavy atom. The van der Waals surface area contributed by atoms with Crippen molar-refractivity contribution in [1.82, 2.24) is 0 Å². The SMILES string of the molecule is C=C(C#N)C(=O)O.C=C(C#N)C(=O)O.O. The predicted molar refractivity (Wildman–Crippen MR) is 48.4 cm³/mol. The number of aliphatic carboxylic acids is 2. The van der Waals surface area contributed by atoms with Crippen LogP contribution in [0.1, 0.15) is 0 Å². The van der Waals surface area contributed by atoms with Crippen LogP contribution in [0, 0.1) is 22.7 Å². The van der Waals surface area contributed by atoms with Crippen molar-refractivity contribution in [1.29, 1.82) is 10.5 Å². The van der Waals surface area contributed by atoms with Crippen LogP contribution >= 0.6 is 0 Å². The lowest BCUT2D eigenvalue weighted by molar-refractivity contribution is -0.133. The van der Waals surface area contributed by atoms with Gasteiger partial charge >= 0.3 is 11.9 Å². The largest absolute Gasteiger partial charge is 0.477 e. The summed E-state index contributed by atoms with van der Waals surface area (Å²) in [6.07, 6.45) is 0. The van der Waals surface area contributed by atoms with Crippen molar-refractivity contribution in [3.05, 3.63) is 24.3 Å². The molecule has 0 radical (unpaired) electrons. The summed E-state index contributed by atoms with van der Waals surface area (Å²) in [7, 11) is 0. The molecule has 0 unspecified atom stereocenters. The summed E-state index contributed by atoms with van der Waals surface area (Å²) in [4.78, 5) is 19.2. The van der Waals surface area contributed by atoms with Gasteiger partial charge in [-0.15, -0.1) is 0 Å². The van der Waals surface area contributed by atoms with Crippen LogP contribution in [-0.4, -0.2) is 27.6 Å². The fraction of sp³-hybridized carbons (Fsp3) is 0. The molecule has 0 saturated carbocycles. The Morgan fingerprint density at radius 1 is 0.933 bits per heavy atom. The first-order valence-corrected chi connectivity index (χ1v) is 3.01.